The van der Waals surface area contributed by atoms with Gasteiger partial charge in [-0.05, 0) is 47.1 Å². The Morgan fingerprint density at radius 2 is 1.85 bits per heavy atom. The fourth-order valence-corrected chi connectivity index (χ4v) is 2.20. The Bertz CT molecular complexity index is 614. The van der Waals surface area contributed by atoms with Crippen LogP contribution in [0.2, 0.25) is 0 Å². The lowest BCUT2D eigenvalue weighted by atomic mass is 10.1. The second-order valence-corrected chi connectivity index (χ2v) is 5.08. The SMILES string of the molecule is COc1cccc(Oc2cc(F)ccc2Br)c1[C@@H](C)O. The minimum absolute atomic E-state index is 0.333. The van der Waals surface area contributed by atoms with Gasteiger partial charge in [-0.3, -0.25) is 0 Å². The molecule has 2 rings (SSSR count). The summed E-state index contributed by atoms with van der Waals surface area (Å²) < 4.78 is 24.8. The summed E-state index contributed by atoms with van der Waals surface area (Å²) >= 11 is 3.30. The Morgan fingerprint density at radius 3 is 2.50 bits per heavy atom. The number of hydrogen-bond donors (Lipinski definition) is 1. The number of hydrogen-bond acceptors (Lipinski definition) is 3. The molecule has 20 heavy (non-hydrogen) atoms. The molecule has 0 aliphatic heterocycles. The third kappa shape index (κ3) is 3.11. The minimum Gasteiger partial charge on any atom is -0.496 e. The zero-order valence-corrected chi connectivity index (χ0v) is 12.6. The topological polar surface area (TPSA) is 38.7 Å². The second kappa shape index (κ2) is 6.24. The number of ether oxygens (including phenoxy) is 2. The molecule has 0 bridgehead atoms. The van der Waals surface area contributed by atoms with E-state index in [0.717, 1.165) is 0 Å². The van der Waals surface area contributed by atoms with E-state index in [9.17, 15) is 9.50 Å². The number of aliphatic hydroxyl groups is 1. The van der Waals surface area contributed by atoms with Gasteiger partial charge in [-0.1, -0.05) is 6.07 Å². The van der Waals surface area contributed by atoms with Crippen LogP contribution in [0.15, 0.2) is 40.9 Å². The molecule has 0 amide bonds. The fourth-order valence-electron chi connectivity index (χ4n) is 1.88. The molecule has 1 atom stereocenters. The molecular weight excluding hydrogens is 327 g/mol. The number of benzene rings is 2. The average Bonchev–Trinajstić information content (AvgIpc) is 2.42. The lowest BCUT2D eigenvalue weighted by molar-refractivity contribution is 0.190. The first-order valence-electron chi connectivity index (χ1n) is 6.00. The van der Waals surface area contributed by atoms with E-state index >= 15 is 0 Å². The van der Waals surface area contributed by atoms with Gasteiger partial charge in [0.15, 0.2) is 0 Å². The Labute approximate surface area is 125 Å². The van der Waals surface area contributed by atoms with E-state index in [4.69, 9.17) is 9.47 Å². The number of halogens is 2. The molecule has 3 nitrogen and oxygen atoms in total. The molecule has 106 valence electrons. The molecule has 2 aromatic carbocycles. The van der Waals surface area contributed by atoms with E-state index in [-0.39, 0.29) is 0 Å². The quantitative estimate of drug-likeness (QED) is 0.893. The van der Waals surface area contributed by atoms with Crippen LogP contribution in [0.5, 0.6) is 17.2 Å². The van der Waals surface area contributed by atoms with Gasteiger partial charge in [-0.25, -0.2) is 4.39 Å². The Balaban J connectivity index is 2.45. The van der Waals surface area contributed by atoms with Crippen LogP contribution in [0, 0.1) is 5.82 Å². The summed E-state index contributed by atoms with van der Waals surface area (Å²) in [4.78, 5) is 0. The molecule has 0 fully saturated rings. The highest BCUT2D eigenvalue weighted by atomic mass is 79.9. The maximum absolute atomic E-state index is 13.3. The minimum atomic E-state index is -0.770. The molecule has 2 aromatic rings. The first kappa shape index (κ1) is 14.8. The van der Waals surface area contributed by atoms with Gasteiger partial charge in [0.05, 0.1) is 23.2 Å². The number of rotatable bonds is 4. The monoisotopic (exact) mass is 340 g/mol. The molecule has 0 aliphatic rings. The predicted molar refractivity (Wildman–Crippen MR) is 77.8 cm³/mol. The largest absolute Gasteiger partial charge is 0.496 e. The molecule has 0 saturated carbocycles. The maximum Gasteiger partial charge on any atom is 0.144 e. The third-order valence-corrected chi connectivity index (χ3v) is 3.43. The molecule has 0 aromatic heterocycles. The van der Waals surface area contributed by atoms with E-state index in [1.807, 2.05) is 0 Å². The molecular formula is C15H14BrFO3. The van der Waals surface area contributed by atoms with E-state index in [1.54, 1.807) is 31.2 Å². The summed E-state index contributed by atoms with van der Waals surface area (Å²) in [6.45, 7) is 1.62. The summed E-state index contributed by atoms with van der Waals surface area (Å²) in [6, 6.07) is 9.34. The van der Waals surface area contributed by atoms with Crippen molar-refractivity contribution in [3.05, 3.63) is 52.3 Å². The van der Waals surface area contributed by atoms with Crippen LogP contribution in [0.3, 0.4) is 0 Å². The normalized spacial score (nSPS) is 12.1. The van der Waals surface area contributed by atoms with Gasteiger partial charge in [0, 0.05) is 6.07 Å². The van der Waals surface area contributed by atoms with Crippen molar-refractivity contribution in [3.63, 3.8) is 0 Å². The van der Waals surface area contributed by atoms with Crippen LogP contribution >= 0.6 is 15.9 Å². The van der Waals surface area contributed by atoms with Crippen molar-refractivity contribution in [1.82, 2.24) is 0 Å². The third-order valence-electron chi connectivity index (χ3n) is 2.78. The molecule has 5 heteroatoms. The first-order valence-corrected chi connectivity index (χ1v) is 6.80. The van der Waals surface area contributed by atoms with Crippen molar-refractivity contribution in [3.8, 4) is 17.2 Å². The van der Waals surface area contributed by atoms with Crippen molar-refractivity contribution in [2.45, 2.75) is 13.0 Å². The molecule has 0 saturated heterocycles. The van der Waals surface area contributed by atoms with Gasteiger partial charge < -0.3 is 14.6 Å². The summed E-state index contributed by atoms with van der Waals surface area (Å²) in [7, 11) is 1.52. The van der Waals surface area contributed by atoms with Crippen LogP contribution in [-0.2, 0) is 0 Å². The second-order valence-electron chi connectivity index (χ2n) is 4.22. The van der Waals surface area contributed by atoms with E-state index in [0.29, 0.717) is 27.3 Å². The van der Waals surface area contributed by atoms with Crippen molar-refractivity contribution in [1.29, 1.82) is 0 Å². The zero-order valence-electron chi connectivity index (χ0n) is 11.1. The van der Waals surface area contributed by atoms with E-state index in [1.165, 1.54) is 19.2 Å². The Kier molecular flexibility index (Phi) is 4.62. The van der Waals surface area contributed by atoms with Crippen LogP contribution in [0.25, 0.3) is 0 Å². The van der Waals surface area contributed by atoms with E-state index < -0.39 is 11.9 Å². The van der Waals surface area contributed by atoms with Crippen LogP contribution in [0.4, 0.5) is 4.39 Å². The number of methoxy groups -OCH3 is 1. The average molecular weight is 341 g/mol. The lowest BCUT2D eigenvalue weighted by Crippen LogP contribution is -2.00. The number of aliphatic hydroxyl groups excluding tert-OH is 1. The van der Waals surface area contributed by atoms with Gasteiger partial charge >= 0.3 is 0 Å². The Morgan fingerprint density at radius 1 is 1.15 bits per heavy atom. The van der Waals surface area contributed by atoms with Gasteiger partial charge in [0.25, 0.3) is 0 Å². The predicted octanol–water partition coefficient (Wildman–Crippen LogP) is 4.44. The molecule has 0 unspecified atom stereocenters. The van der Waals surface area contributed by atoms with Crippen molar-refractivity contribution in [2.75, 3.05) is 7.11 Å². The van der Waals surface area contributed by atoms with Crippen LogP contribution < -0.4 is 9.47 Å². The highest BCUT2D eigenvalue weighted by Crippen LogP contribution is 2.38. The van der Waals surface area contributed by atoms with Gasteiger partial charge in [-0.15, -0.1) is 0 Å². The lowest BCUT2D eigenvalue weighted by Gasteiger charge is -2.17. The van der Waals surface area contributed by atoms with Crippen LogP contribution in [-0.4, -0.2) is 12.2 Å². The molecule has 1 N–H and O–H groups in total. The van der Waals surface area contributed by atoms with Gasteiger partial charge in [0.2, 0.25) is 0 Å². The zero-order chi connectivity index (χ0) is 14.7. The standard InChI is InChI=1S/C15H14BrFO3/c1-9(18)15-12(19-2)4-3-5-13(15)20-14-8-10(17)6-7-11(14)16/h3-9,18H,1-2H3/t9-/m1/s1. The van der Waals surface area contributed by atoms with Gasteiger partial charge in [-0.2, -0.15) is 0 Å². The summed E-state index contributed by atoms with van der Waals surface area (Å²) in [5.74, 6) is 0.875. The summed E-state index contributed by atoms with van der Waals surface area (Å²) in [5, 5.41) is 9.87. The molecule has 0 radical (unpaired) electrons. The van der Waals surface area contributed by atoms with Crippen LogP contribution in [0.1, 0.15) is 18.6 Å². The van der Waals surface area contributed by atoms with Gasteiger partial charge in [0.1, 0.15) is 23.1 Å². The summed E-state index contributed by atoms with van der Waals surface area (Å²) in [6.07, 6.45) is -0.770. The highest BCUT2D eigenvalue weighted by Gasteiger charge is 2.16. The smallest absolute Gasteiger partial charge is 0.144 e. The fraction of sp³-hybridized carbons (Fsp3) is 0.200. The van der Waals surface area contributed by atoms with E-state index in [2.05, 4.69) is 15.9 Å². The maximum atomic E-state index is 13.3. The van der Waals surface area contributed by atoms with Crippen molar-refractivity contribution < 1.29 is 19.0 Å². The molecule has 0 aliphatic carbocycles. The Hall–Kier alpha value is -1.59. The molecule has 0 heterocycles. The summed E-state index contributed by atoms with van der Waals surface area (Å²) in [5.41, 5.74) is 0.520. The molecule has 0 spiro atoms. The highest BCUT2D eigenvalue weighted by molar-refractivity contribution is 9.10. The van der Waals surface area contributed by atoms with Crippen molar-refractivity contribution in [2.24, 2.45) is 0 Å². The first-order chi connectivity index (χ1) is 9.52. The van der Waals surface area contributed by atoms with Crippen molar-refractivity contribution >= 4 is 15.9 Å².